The van der Waals surface area contributed by atoms with Crippen LogP contribution in [0, 0.1) is 5.92 Å². The molecule has 1 fully saturated rings. The van der Waals surface area contributed by atoms with Crippen LogP contribution in [0.1, 0.15) is 44.9 Å². The van der Waals surface area contributed by atoms with Crippen LogP contribution in [0.5, 0.6) is 0 Å². The molecular formula is C17H26ClNO2. The van der Waals surface area contributed by atoms with Crippen molar-refractivity contribution in [1.29, 1.82) is 0 Å². The first-order valence-corrected chi connectivity index (χ1v) is 7.63. The molecular weight excluding hydrogens is 286 g/mol. The first kappa shape index (κ1) is 18.0. The second-order valence-electron chi connectivity index (χ2n) is 5.99. The molecule has 1 heterocycles. The lowest BCUT2D eigenvalue weighted by Gasteiger charge is -2.32. The highest BCUT2D eigenvalue weighted by Gasteiger charge is 2.22. The number of esters is 1. The van der Waals surface area contributed by atoms with Gasteiger partial charge in [0.25, 0.3) is 0 Å². The van der Waals surface area contributed by atoms with Crippen molar-refractivity contribution in [3.8, 4) is 0 Å². The normalized spacial score (nSPS) is 16.5. The molecule has 0 spiro atoms. The van der Waals surface area contributed by atoms with Gasteiger partial charge in [-0.1, -0.05) is 32.0 Å². The molecule has 1 aliphatic rings. The monoisotopic (exact) mass is 311 g/mol. The van der Waals surface area contributed by atoms with Gasteiger partial charge in [-0.15, -0.1) is 0 Å². The van der Waals surface area contributed by atoms with Crippen LogP contribution in [0.3, 0.4) is 0 Å². The van der Waals surface area contributed by atoms with Crippen LogP contribution in [0.2, 0.25) is 0 Å². The van der Waals surface area contributed by atoms with Crippen LogP contribution < -0.4 is 12.4 Å². The van der Waals surface area contributed by atoms with E-state index in [0.29, 0.717) is 5.56 Å². The maximum absolute atomic E-state index is 12.0. The fraction of sp³-hybridized carbons (Fsp3) is 0.588. The summed E-state index contributed by atoms with van der Waals surface area (Å²) in [7, 11) is 0. The van der Waals surface area contributed by atoms with Gasteiger partial charge in [-0.3, -0.25) is 0 Å². The van der Waals surface area contributed by atoms with Crippen molar-refractivity contribution in [3.05, 3.63) is 35.9 Å². The van der Waals surface area contributed by atoms with Crippen LogP contribution in [-0.4, -0.2) is 36.6 Å². The highest BCUT2D eigenvalue weighted by molar-refractivity contribution is 5.89. The number of benzene rings is 1. The van der Waals surface area contributed by atoms with Gasteiger partial charge in [-0.05, 0) is 43.9 Å². The van der Waals surface area contributed by atoms with Gasteiger partial charge in [0.1, 0.15) is 6.10 Å². The molecule has 0 amide bonds. The molecule has 1 aromatic rings. The minimum atomic E-state index is -0.189. The molecule has 2 rings (SSSR count). The highest BCUT2D eigenvalue weighted by atomic mass is 35.5. The van der Waals surface area contributed by atoms with Crippen molar-refractivity contribution in [1.82, 2.24) is 4.90 Å². The lowest BCUT2D eigenvalue weighted by Crippen LogP contribution is -3.00. The van der Waals surface area contributed by atoms with Gasteiger partial charge in [0.2, 0.25) is 0 Å². The number of likely N-dealkylation sites (tertiary alicyclic amines) is 1. The van der Waals surface area contributed by atoms with E-state index in [0.717, 1.165) is 38.4 Å². The number of halogens is 1. The zero-order valence-electron chi connectivity index (χ0n) is 13.9. The number of carbonyl (C=O) groups is 1. The smallest absolute Gasteiger partial charge is 1.00 e. The van der Waals surface area contributed by atoms with Crippen molar-refractivity contribution in [2.75, 3.05) is 19.6 Å². The molecule has 1 aliphatic heterocycles. The van der Waals surface area contributed by atoms with E-state index in [4.69, 9.17) is 4.74 Å². The Morgan fingerprint density at radius 3 is 2.48 bits per heavy atom. The molecule has 0 atom stereocenters. The standard InChI is InChI=1S/C17H25NO2.ClH/c1-14(2)8-11-18-12-9-16(10-13-18)20-17(19)15-6-4-3-5-7-15;/h3-7,14,16H,8-13H2,1-2H3;1H. The number of hydrogen-bond acceptors (Lipinski definition) is 3. The lowest BCUT2D eigenvalue weighted by molar-refractivity contribution is -0.0000822. The van der Waals surface area contributed by atoms with Crippen LogP contribution >= 0.6 is 0 Å². The van der Waals surface area contributed by atoms with E-state index < -0.39 is 0 Å². The fourth-order valence-corrected chi connectivity index (χ4v) is 2.49. The minimum Gasteiger partial charge on any atom is -1.00 e. The Labute approximate surface area is 135 Å². The summed E-state index contributed by atoms with van der Waals surface area (Å²) in [4.78, 5) is 14.5. The summed E-state index contributed by atoms with van der Waals surface area (Å²) in [6.45, 7) is 7.76. The average molecular weight is 312 g/mol. The summed E-state index contributed by atoms with van der Waals surface area (Å²) in [5.41, 5.74) is 0.648. The number of rotatable bonds is 5. The molecule has 0 bridgehead atoms. The SMILES string of the molecule is CC(C)CCN1CCC(OC(=O)c2ccccc2)CC1.[Cl-].[H+]. The molecule has 0 saturated carbocycles. The summed E-state index contributed by atoms with van der Waals surface area (Å²) in [5.74, 6) is 0.565. The van der Waals surface area contributed by atoms with Gasteiger partial charge in [-0.25, -0.2) is 4.79 Å². The Balaban J connectivity index is 0.00000220. The summed E-state index contributed by atoms with van der Waals surface area (Å²) in [5, 5.41) is 0. The quantitative estimate of drug-likeness (QED) is 0.741. The lowest BCUT2D eigenvalue weighted by atomic mass is 10.1. The Morgan fingerprint density at radius 1 is 1.29 bits per heavy atom. The summed E-state index contributed by atoms with van der Waals surface area (Å²) < 4.78 is 5.59. The topological polar surface area (TPSA) is 29.5 Å². The predicted molar refractivity (Wildman–Crippen MR) is 81.9 cm³/mol. The summed E-state index contributed by atoms with van der Waals surface area (Å²) >= 11 is 0. The number of hydrogen-bond donors (Lipinski definition) is 0. The maximum Gasteiger partial charge on any atom is 1.00 e. The van der Waals surface area contributed by atoms with E-state index in [1.807, 2.05) is 18.2 Å². The van der Waals surface area contributed by atoms with Crippen LogP contribution in [0.15, 0.2) is 30.3 Å². The van der Waals surface area contributed by atoms with Crippen molar-refractivity contribution in [2.24, 2.45) is 5.92 Å². The number of nitrogens with zero attached hydrogens (tertiary/aromatic N) is 1. The second-order valence-corrected chi connectivity index (χ2v) is 5.99. The van der Waals surface area contributed by atoms with Crippen molar-refractivity contribution in [2.45, 2.75) is 39.2 Å². The molecule has 0 radical (unpaired) electrons. The van der Waals surface area contributed by atoms with E-state index >= 15 is 0 Å². The Kier molecular flexibility index (Phi) is 7.76. The molecule has 3 nitrogen and oxygen atoms in total. The first-order valence-electron chi connectivity index (χ1n) is 7.63. The van der Waals surface area contributed by atoms with Crippen molar-refractivity contribution in [3.63, 3.8) is 0 Å². The fourth-order valence-electron chi connectivity index (χ4n) is 2.49. The maximum atomic E-state index is 12.0. The zero-order valence-corrected chi connectivity index (χ0v) is 13.7. The van der Waals surface area contributed by atoms with Gasteiger partial charge in [0, 0.05) is 13.1 Å². The van der Waals surface area contributed by atoms with Crippen molar-refractivity contribution < 1.29 is 23.4 Å². The summed E-state index contributed by atoms with van der Waals surface area (Å²) in [6, 6.07) is 9.25. The molecule has 4 heteroatoms. The number of piperidine rings is 1. The zero-order chi connectivity index (χ0) is 14.4. The van der Waals surface area contributed by atoms with Gasteiger partial charge in [-0.2, -0.15) is 0 Å². The van der Waals surface area contributed by atoms with Crippen LogP contribution in [0.25, 0.3) is 0 Å². The van der Waals surface area contributed by atoms with E-state index in [9.17, 15) is 4.79 Å². The van der Waals surface area contributed by atoms with Crippen molar-refractivity contribution >= 4 is 5.97 Å². The minimum absolute atomic E-state index is 0. The van der Waals surface area contributed by atoms with E-state index in [1.165, 1.54) is 6.42 Å². The molecule has 0 aliphatic carbocycles. The number of carbonyl (C=O) groups excluding carboxylic acids is 1. The van der Waals surface area contributed by atoms with Crippen LogP contribution in [-0.2, 0) is 4.74 Å². The van der Waals surface area contributed by atoms with Gasteiger partial charge in [0.15, 0.2) is 0 Å². The summed E-state index contributed by atoms with van der Waals surface area (Å²) in [6.07, 6.45) is 3.24. The van der Waals surface area contributed by atoms with Gasteiger partial charge >= 0.3 is 7.40 Å². The third-order valence-electron chi connectivity index (χ3n) is 3.84. The Bertz CT molecular complexity index is 420. The van der Waals surface area contributed by atoms with E-state index in [1.54, 1.807) is 12.1 Å². The Hall–Kier alpha value is -1.06. The molecule has 1 aromatic carbocycles. The van der Waals surface area contributed by atoms with Gasteiger partial charge in [0.05, 0.1) is 5.56 Å². The molecule has 1 saturated heterocycles. The van der Waals surface area contributed by atoms with Crippen LogP contribution in [0.4, 0.5) is 0 Å². The molecule has 0 N–H and O–H groups in total. The average Bonchev–Trinajstić information content (AvgIpc) is 2.47. The third kappa shape index (κ3) is 6.06. The second kappa shape index (κ2) is 9.06. The molecule has 21 heavy (non-hydrogen) atoms. The number of ether oxygens (including phenoxy) is 1. The molecule has 0 aromatic heterocycles. The van der Waals surface area contributed by atoms with E-state index in [-0.39, 0.29) is 25.9 Å². The molecule has 118 valence electrons. The highest BCUT2D eigenvalue weighted by Crippen LogP contribution is 2.16. The van der Waals surface area contributed by atoms with Gasteiger partial charge < -0.3 is 22.0 Å². The molecule has 0 unspecified atom stereocenters. The largest absolute Gasteiger partial charge is 1.00 e. The Morgan fingerprint density at radius 2 is 1.90 bits per heavy atom. The predicted octanol–water partition coefficient (Wildman–Crippen LogP) is 0.470. The third-order valence-corrected chi connectivity index (χ3v) is 3.84. The first-order chi connectivity index (χ1) is 9.65. The van der Waals surface area contributed by atoms with E-state index in [2.05, 4.69) is 18.7 Å².